The van der Waals surface area contributed by atoms with Gasteiger partial charge in [-0.3, -0.25) is 14.4 Å². The molecule has 8 heteroatoms. The predicted molar refractivity (Wildman–Crippen MR) is 135 cm³/mol. The molecule has 0 bridgehead atoms. The molecule has 4 rings (SSSR count). The third-order valence-electron chi connectivity index (χ3n) is 5.27. The van der Waals surface area contributed by atoms with Crippen LogP contribution in [0.5, 0.6) is 0 Å². The molecular formula is C27H22FN3O3S. The van der Waals surface area contributed by atoms with Gasteiger partial charge in [0, 0.05) is 22.5 Å². The van der Waals surface area contributed by atoms with Crippen molar-refractivity contribution in [3.63, 3.8) is 0 Å². The van der Waals surface area contributed by atoms with E-state index in [9.17, 15) is 18.8 Å². The first-order valence-corrected chi connectivity index (χ1v) is 11.7. The van der Waals surface area contributed by atoms with E-state index < -0.39 is 5.82 Å². The first-order chi connectivity index (χ1) is 16.9. The highest BCUT2D eigenvalue weighted by atomic mass is 32.1. The molecule has 176 valence electrons. The highest BCUT2D eigenvalue weighted by Gasteiger charge is 2.13. The SMILES string of the molecule is CC(NC(=O)c1ccc(NC(=O)c2cccs2)cc1)c1ccc(NC(=O)c2ccc(F)cc2)cc1. The molecule has 35 heavy (non-hydrogen) atoms. The first kappa shape index (κ1) is 23.8. The molecular weight excluding hydrogens is 465 g/mol. The van der Waals surface area contributed by atoms with Crippen LogP contribution in [0.3, 0.4) is 0 Å². The summed E-state index contributed by atoms with van der Waals surface area (Å²) in [7, 11) is 0. The van der Waals surface area contributed by atoms with Gasteiger partial charge in [-0.1, -0.05) is 18.2 Å². The molecule has 0 radical (unpaired) electrons. The molecule has 0 aliphatic heterocycles. The smallest absolute Gasteiger partial charge is 0.265 e. The zero-order valence-electron chi connectivity index (χ0n) is 18.7. The van der Waals surface area contributed by atoms with E-state index in [1.165, 1.54) is 35.6 Å². The van der Waals surface area contributed by atoms with Gasteiger partial charge in [-0.15, -0.1) is 11.3 Å². The number of amides is 3. The van der Waals surface area contributed by atoms with Crippen molar-refractivity contribution in [3.8, 4) is 0 Å². The van der Waals surface area contributed by atoms with Crippen LogP contribution in [-0.2, 0) is 0 Å². The van der Waals surface area contributed by atoms with Crippen LogP contribution in [0.2, 0.25) is 0 Å². The summed E-state index contributed by atoms with van der Waals surface area (Å²) in [5.41, 5.74) is 2.87. The van der Waals surface area contributed by atoms with Crippen LogP contribution in [0.1, 0.15) is 48.9 Å². The lowest BCUT2D eigenvalue weighted by Gasteiger charge is -2.15. The summed E-state index contributed by atoms with van der Waals surface area (Å²) < 4.78 is 13.0. The molecule has 0 saturated heterocycles. The Kier molecular flexibility index (Phi) is 7.32. The fourth-order valence-corrected chi connectivity index (χ4v) is 3.95. The molecule has 3 N–H and O–H groups in total. The summed E-state index contributed by atoms with van der Waals surface area (Å²) in [5.74, 6) is -1.18. The summed E-state index contributed by atoms with van der Waals surface area (Å²) in [6.45, 7) is 1.86. The van der Waals surface area contributed by atoms with Crippen LogP contribution >= 0.6 is 11.3 Å². The summed E-state index contributed by atoms with van der Waals surface area (Å²) in [6.07, 6.45) is 0. The predicted octanol–water partition coefficient (Wildman–Crippen LogP) is 5.88. The second kappa shape index (κ2) is 10.8. The molecule has 0 saturated carbocycles. The van der Waals surface area contributed by atoms with E-state index in [2.05, 4.69) is 16.0 Å². The van der Waals surface area contributed by atoms with Gasteiger partial charge in [-0.2, -0.15) is 0 Å². The number of benzene rings is 3. The fourth-order valence-electron chi connectivity index (χ4n) is 3.33. The van der Waals surface area contributed by atoms with E-state index in [0.29, 0.717) is 27.4 Å². The van der Waals surface area contributed by atoms with Crippen LogP contribution < -0.4 is 16.0 Å². The van der Waals surface area contributed by atoms with Crippen molar-refractivity contribution in [1.29, 1.82) is 0 Å². The van der Waals surface area contributed by atoms with Crippen molar-refractivity contribution in [2.45, 2.75) is 13.0 Å². The van der Waals surface area contributed by atoms with Gasteiger partial charge in [0.1, 0.15) is 5.82 Å². The number of hydrogen-bond acceptors (Lipinski definition) is 4. The maximum atomic E-state index is 13.0. The average molecular weight is 488 g/mol. The minimum absolute atomic E-state index is 0.192. The molecule has 0 fully saturated rings. The van der Waals surface area contributed by atoms with Crippen molar-refractivity contribution < 1.29 is 18.8 Å². The number of hydrogen-bond donors (Lipinski definition) is 3. The minimum Gasteiger partial charge on any atom is -0.346 e. The Morgan fingerprint density at radius 2 is 1.26 bits per heavy atom. The molecule has 1 unspecified atom stereocenters. The van der Waals surface area contributed by atoms with Gasteiger partial charge in [0.05, 0.1) is 10.9 Å². The van der Waals surface area contributed by atoms with Gasteiger partial charge >= 0.3 is 0 Å². The van der Waals surface area contributed by atoms with E-state index in [0.717, 1.165) is 5.56 Å². The summed E-state index contributed by atoms with van der Waals surface area (Å²) in [4.78, 5) is 37.7. The van der Waals surface area contributed by atoms with Crippen LogP contribution in [0.4, 0.5) is 15.8 Å². The maximum Gasteiger partial charge on any atom is 0.265 e. The lowest BCUT2D eigenvalue weighted by molar-refractivity contribution is 0.0938. The third kappa shape index (κ3) is 6.18. The van der Waals surface area contributed by atoms with Gasteiger partial charge in [-0.05, 0) is 84.6 Å². The zero-order chi connectivity index (χ0) is 24.8. The zero-order valence-corrected chi connectivity index (χ0v) is 19.6. The van der Waals surface area contributed by atoms with Crippen molar-refractivity contribution in [2.75, 3.05) is 10.6 Å². The van der Waals surface area contributed by atoms with Crippen LogP contribution in [0.15, 0.2) is 90.3 Å². The van der Waals surface area contributed by atoms with Crippen LogP contribution in [0.25, 0.3) is 0 Å². The maximum absolute atomic E-state index is 13.0. The van der Waals surface area contributed by atoms with E-state index in [1.54, 1.807) is 42.5 Å². The molecule has 0 aliphatic rings. The van der Waals surface area contributed by atoms with E-state index in [4.69, 9.17) is 0 Å². The molecule has 3 amide bonds. The quantitative estimate of drug-likeness (QED) is 0.304. The third-order valence-corrected chi connectivity index (χ3v) is 6.14. The lowest BCUT2D eigenvalue weighted by atomic mass is 10.1. The Labute approximate surface area is 205 Å². The number of nitrogens with one attached hydrogen (secondary N) is 3. The van der Waals surface area contributed by atoms with Gasteiger partial charge in [-0.25, -0.2) is 4.39 Å². The van der Waals surface area contributed by atoms with Gasteiger partial charge < -0.3 is 16.0 Å². The Bertz CT molecular complexity index is 1320. The number of carbonyl (C=O) groups is 3. The number of carbonyl (C=O) groups excluding carboxylic acids is 3. The summed E-state index contributed by atoms with van der Waals surface area (Å²) in [6, 6.07) is 22.4. The van der Waals surface area contributed by atoms with Gasteiger partial charge in [0.15, 0.2) is 0 Å². The molecule has 0 aliphatic carbocycles. The monoisotopic (exact) mass is 487 g/mol. The van der Waals surface area contributed by atoms with Crippen molar-refractivity contribution in [1.82, 2.24) is 5.32 Å². The highest BCUT2D eigenvalue weighted by molar-refractivity contribution is 7.12. The highest BCUT2D eigenvalue weighted by Crippen LogP contribution is 2.19. The van der Waals surface area contributed by atoms with Gasteiger partial charge in [0.25, 0.3) is 17.7 Å². The molecule has 4 aromatic rings. The Morgan fingerprint density at radius 1 is 0.714 bits per heavy atom. The number of anilines is 2. The normalized spacial score (nSPS) is 11.4. The minimum atomic E-state index is -0.404. The fraction of sp³-hybridized carbons (Fsp3) is 0.0741. The molecule has 6 nitrogen and oxygen atoms in total. The standard InChI is InChI=1S/C27H22FN3O3S/c1-17(18-6-12-22(13-7-18)30-26(33)19-4-10-21(28)11-5-19)29-25(32)20-8-14-23(15-9-20)31-27(34)24-3-2-16-35-24/h2-17H,1H3,(H,29,32)(H,30,33)(H,31,34). The lowest BCUT2D eigenvalue weighted by Crippen LogP contribution is -2.26. The van der Waals surface area contributed by atoms with Crippen molar-refractivity contribution >= 4 is 40.4 Å². The first-order valence-electron chi connectivity index (χ1n) is 10.8. The van der Waals surface area contributed by atoms with E-state index >= 15 is 0 Å². The van der Waals surface area contributed by atoms with Gasteiger partial charge in [0.2, 0.25) is 0 Å². The van der Waals surface area contributed by atoms with Crippen LogP contribution in [0, 0.1) is 5.82 Å². The molecule has 1 atom stereocenters. The Morgan fingerprint density at radius 3 is 1.86 bits per heavy atom. The second-order valence-electron chi connectivity index (χ2n) is 7.79. The van der Waals surface area contributed by atoms with Crippen molar-refractivity contribution in [3.05, 3.63) is 118 Å². The number of thiophene rings is 1. The van der Waals surface area contributed by atoms with Crippen molar-refractivity contribution in [2.24, 2.45) is 0 Å². The topological polar surface area (TPSA) is 87.3 Å². The van der Waals surface area contributed by atoms with Crippen LogP contribution in [-0.4, -0.2) is 17.7 Å². The molecule has 1 heterocycles. The Hall–Kier alpha value is -4.30. The largest absolute Gasteiger partial charge is 0.346 e. The number of rotatable bonds is 7. The average Bonchev–Trinajstić information content (AvgIpc) is 3.40. The molecule has 0 spiro atoms. The molecule has 1 aromatic heterocycles. The summed E-state index contributed by atoms with van der Waals surface area (Å²) >= 11 is 1.36. The van der Waals surface area contributed by atoms with E-state index in [-0.39, 0.29) is 23.8 Å². The van der Waals surface area contributed by atoms with E-state index in [1.807, 2.05) is 30.5 Å². The Balaban J connectivity index is 1.32. The second-order valence-corrected chi connectivity index (χ2v) is 8.73. The molecule has 3 aromatic carbocycles. The number of halogens is 1. The summed E-state index contributed by atoms with van der Waals surface area (Å²) in [5, 5.41) is 10.3.